The first kappa shape index (κ1) is 11.2. The summed E-state index contributed by atoms with van der Waals surface area (Å²) in [4.78, 5) is 10.2. The SMILES string of the molecule is C[C@H](CO)C[C@@H](CO)NC(=O)O. The highest BCUT2D eigenvalue weighted by Crippen LogP contribution is 2.04. The highest BCUT2D eigenvalue weighted by atomic mass is 16.4. The van der Waals surface area contributed by atoms with Gasteiger partial charge in [-0.3, -0.25) is 0 Å². The van der Waals surface area contributed by atoms with Crippen LogP contribution in [-0.4, -0.2) is 40.7 Å². The summed E-state index contributed by atoms with van der Waals surface area (Å²) >= 11 is 0. The fraction of sp³-hybridized carbons (Fsp3) is 0.857. The molecule has 0 bridgehead atoms. The van der Waals surface area contributed by atoms with Crippen molar-refractivity contribution in [3.8, 4) is 0 Å². The molecule has 0 rings (SSSR count). The maximum absolute atomic E-state index is 10.2. The minimum atomic E-state index is -1.15. The Bertz CT molecular complexity index is 139. The smallest absolute Gasteiger partial charge is 0.404 e. The van der Waals surface area contributed by atoms with E-state index in [2.05, 4.69) is 5.32 Å². The Morgan fingerprint density at radius 2 is 2.00 bits per heavy atom. The van der Waals surface area contributed by atoms with Gasteiger partial charge < -0.3 is 20.6 Å². The second-order valence-corrected chi connectivity index (χ2v) is 2.85. The molecule has 0 heterocycles. The van der Waals surface area contributed by atoms with E-state index < -0.39 is 12.1 Å². The van der Waals surface area contributed by atoms with Crippen LogP contribution in [0.1, 0.15) is 13.3 Å². The first-order valence-corrected chi connectivity index (χ1v) is 3.81. The van der Waals surface area contributed by atoms with E-state index in [9.17, 15) is 4.79 Å². The zero-order chi connectivity index (χ0) is 9.56. The van der Waals surface area contributed by atoms with Crippen molar-refractivity contribution in [1.82, 2.24) is 5.32 Å². The molecule has 0 aromatic heterocycles. The number of hydrogen-bond acceptors (Lipinski definition) is 3. The lowest BCUT2D eigenvalue weighted by molar-refractivity contribution is 0.160. The molecule has 0 spiro atoms. The number of aliphatic hydroxyl groups is 2. The normalized spacial score (nSPS) is 15.2. The zero-order valence-electron chi connectivity index (χ0n) is 7.03. The number of carbonyl (C=O) groups is 1. The molecule has 5 heteroatoms. The molecule has 1 amide bonds. The third-order valence-corrected chi connectivity index (χ3v) is 1.55. The van der Waals surface area contributed by atoms with Gasteiger partial charge >= 0.3 is 6.09 Å². The topological polar surface area (TPSA) is 89.8 Å². The largest absolute Gasteiger partial charge is 0.465 e. The third kappa shape index (κ3) is 4.92. The molecule has 4 N–H and O–H groups in total. The van der Waals surface area contributed by atoms with Crippen LogP contribution in [0.3, 0.4) is 0 Å². The highest BCUT2D eigenvalue weighted by molar-refractivity contribution is 5.64. The standard InChI is InChI=1S/C7H15NO4/c1-5(3-9)2-6(4-10)8-7(11)12/h5-6,8-10H,2-4H2,1H3,(H,11,12)/t5-,6-/m0/s1. The minimum Gasteiger partial charge on any atom is -0.465 e. The van der Waals surface area contributed by atoms with Crippen molar-refractivity contribution in [3.63, 3.8) is 0 Å². The quantitative estimate of drug-likeness (QED) is 0.461. The van der Waals surface area contributed by atoms with E-state index >= 15 is 0 Å². The molecule has 0 aromatic carbocycles. The summed E-state index contributed by atoms with van der Waals surface area (Å²) in [5.41, 5.74) is 0. The van der Waals surface area contributed by atoms with Crippen LogP contribution in [0.4, 0.5) is 4.79 Å². The van der Waals surface area contributed by atoms with E-state index in [0.717, 1.165) is 0 Å². The van der Waals surface area contributed by atoms with Crippen molar-refractivity contribution in [3.05, 3.63) is 0 Å². The predicted molar refractivity (Wildman–Crippen MR) is 42.9 cm³/mol. The van der Waals surface area contributed by atoms with Gasteiger partial charge in [-0.05, 0) is 12.3 Å². The molecule has 72 valence electrons. The molecule has 0 aliphatic carbocycles. The molecule has 0 aliphatic rings. The Balaban J connectivity index is 3.74. The van der Waals surface area contributed by atoms with Crippen molar-refractivity contribution >= 4 is 6.09 Å². The molecular weight excluding hydrogens is 162 g/mol. The Morgan fingerprint density at radius 3 is 2.33 bits per heavy atom. The van der Waals surface area contributed by atoms with E-state index in [1.54, 1.807) is 6.92 Å². The number of hydrogen-bond donors (Lipinski definition) is 4. The minimum absolute atomic E-state index is 0.00218. The molecule has 0 saturated heterocycles. The van der Waals surface area contributed by atoms with Gasteiger partial charge in [-0.25, -0.2) is 4.79 Å². The van der Waals surface area contributed by atoms with E-state index in [0.29, 0.717) is 6.42 Å². The fourth-order valence-corrected chi connectivity index (χ4v) is 0.914. The van der Waals surface area contributed by atoms with Gasteiger partial charge in [-0.2, -0.15) is 0 Å². The lowest BCUT2D eigenvalue weighted by Gasteiger charge is -2.16. The molecule has 0 aromatic rings. The van der Waals surface area contributed by atoms with Gasteiger partial charge in [0.05, 0.1) is 12.6 Å². The van der Waals surface area contributed by atoms with Crippen molar-refractivity contribution in [2.45, 2.75) is 19.4 Å². The number of rotatable bonds is 5. The van der Waals surface area contributed by atoms with Gasteiger partial charge in [-0.15, -0.1) is 0 Å². The summed E-state index contributed by atoms with van der Waals surface area (Å²) in [6.07, 6.45) is -0.710. The summed E-state index contributed by atoms with van der Waals surface area (Å²) in [5.74, 6) is -0.00556. The average molecular weight is 177 g/mol. The molecule has 0 unspecified atom stereocenters. The number of aliphatic hydroxyl groups excluding tert-OH is 2. The first-order valence-electron chi connectivity index (χ1n) is 3.81. The molecule has 0 aliphatic heterocycles. The van der Waals surface area contributed by atoms with Gasteiger partial charge in [0.25, 0.3) is 0 Å². The van der Waals surface area contributed by atoms with Crippen LogP contribution in [-0.2, 0) is 0 Å². The highest BCUT2D eigenvalue weighted by Gasteiger charge is 2.13. The lowest BCUT2D eigenvalue weighted by atomic mass is 10.0. The molecule has 0 radical (unpaired) electrons. The van der Waals surface area contributed by atoms with Crippen LogP contribution < -0.4 is 5.32 Å². The van der Waals surface area contributed by atoms with Crippen molar-refractivity contribution in [1.29, 1.82) is 0 Å². The van der Waals surface area contributed by atoms with E-state index in [1.165, 1.54) is 0 Å². The van der Waals surface area contributed by atoms with E-state index in [-0.39, 0.29) is 19.1 Å². The van der Waals surface area contributed by atoms with Crippen molar-refractivity contribution < 1.29 is 20.1 Å². The first-order chi connectivity index (χ1) is 5.60. The number of amides is 1. The summed E-state index contributed by atoms with van der Waals surface area (Å²) in [5, 5.41) is 27.8. The van der Waals surface area contributed by atoms with Crippen molar-refractivity contribution in [2.24, 2.45) is 5.92 Å². The Morgan fingerprint density at radius 1 is 1.42 bits per heavy atom. The van der Waals surface area contributed by atoms with Gasteiger partial charge in [0.2, 0.25) is 0 Å². The monoisotopic (exact) mass is 177 g/mol. The van der Waals surface area contributed by atoms with E-state index in [1.807, 2.05) is 0 Å². The average Bonchev–Trinajstić information content (AvgIpc) is 2.02. The number of carboxylic acid groups (broad SMARTS) is 1. The molecule has 5 nitrogen and oxygen atoms in total. The molecule has 2 atom stereocenters. The van der Waals surface area contributed by atoms with Gasteiger partial charge in [-0.1, -0.05) is 6.92 Å². The van der Waals surface area contributed by atoms with Crippen LogP contribution in [0.5, 0.6) is 0 Å². The Kier molecular flexibility index (Phi) is 5.40. The maximum Gasteiger partial charge on any atom is 0.404 e. The number of nitrogens with one attached hydrogen (secondary N) is 1. The van der Waals surface area contributed by atoms with E-state index in [4.69, 9.17) is 15.3 Å². The molecule has 0 fully saturated rings. The van der Waals surface area contributed by atoms with Crippen molar-refractivity contribution in [2.75, 3.05) is 13.2 Å². The Labute approximate surface area is 71.0 Å². The fourth-order valence-electron chi connectivity index (χ4n) is 0.914. The van der Waals surface area contributed by atoms with Crippen LogP contribution in [0.2, 0.25) is 0 Å². The molecular formula is C7H15NO4. The van der Waals surface area contributed by atoms with Crippen LogP contribution in [0.15, 0.2) is 0 Å². The summed E-state index contributed by atoms with van der Waals surface area (Å²) in [6, 6.07) is -0.482. The van der Waals surface area contributed by atoms with Crippen LogP contribution in [0.25, 0.3) is 0 Å². The summed E-state index contributed by atoms with van der Waals surface area (Å²) < 4.78 is 0. The molecule has 12 heavy (non-hydrogen) atoms. The zero-order valence-corrected chi connectivity index (χ0v) is 7.03. The maximum atomic E-state index is 10.2. The second kappa shape index (κ2) is 5.79. The van der Waals surface area contributed by atoms with Crippen LogP contribution >= 0.6 is 0 Å². The van der Waals surface area contributed by atoms with Gasteiger partial charge in [0.15, 0.2) is 0 Å². The third-order valence-electron chi connectivity index (χ3n) is 1.55. The Hall–Kier alpha value is -0.810. The predicted octanol–water partition coefficient (Wildman–Crippen LogP) is -0.367. The van der Waals surface area contributed by atoms with Gasteiger partial charge in [0.1, 0.15) is 0 Å². The molecule has 0 saturated carbocycles. The second-order valence-electron chi connectivity index (χ2n) is 2.85. The van der Waals surface area contributed by atoms with Gasteiger partial charge in [0, 0.05) is 6.61 Å². The summed E-state index contributed by atoms with van der Waals surface area (Å²) in [6.45, 7) is 1.54. The van der Waals surface area contributed by atoms with Crippen LogP contribution in [0, 0.1) is 5.92 Å². The lowest BCUT2D eigenvalue weighted by Crippen LogP contribution is -2.38. The summed E-state index contributed by atoms with van der Waals surface area (Å²) in [7, 11) is 0.